The van der Waals surface area contributed by atoms with E-state index in [9.17, 15) is 0 Å². The number of anilines is 1. The van der Waals surface area contributed by atoms with Gasteiger partial charge < -0.3 is 37.1 Å². The lowest BCUT2D eigenvalue weighted by Crippen LogP contribution is -2.44. The van der Waals surface area contributed by atoms with Gasteiger partial charge in [-0.15, -0.1) is 0 Å². The quantitative estimate of drug-likeness (QED) is 0.290. The predicted octanol–water partition coefficient (Wildman–Crippen LogP) is 2.25. The third-order valence-electron chi connectivity index (χ3n) is 5.42. The maximum absolute atomic E-state index is 7.84. The number of morpholine rings is 1. The minimum absolute atomic E-state index is 0.126. The Kier molecular flexibility index (Phi) is 8.39. The van der Waals surface area contributed by atoms with Crippen molar-refractivity contribution in [3.8, 4) is 0 Å². The van der Waals surface area contributed by atoms with E-state index >= 15 is 0 Å². The number of nitrogens with zero attached hydrogens (tertiary/aromatic N) is 3. The lowest BCUT2D eigenvalue weighted by atomic mass is 10.0. The lowest BCUT2D eigenvalue weighted by Gasteiger charge is -2.30. The maximum Gasteiger partial charge on any atom is 0.132 e. The van der Waals surface area contributed by atoms with Crippen LogP contribution in [0.15, 0.2) is 54.3 Å². The Morgan fingerprint density at radius 3 is 2.88 bits per heavy atom. The van der Waals surface area contributed by atoms with E-state index in [0.29, 0.717) is 29.3 Å². The van der Waals surface area contributed by atoms with Gasteiger partial charge in [0.2, 0.25) is 0 Å². The van der Waals surface area contributed by atoms with Crippen molar-refractivity contribution in [3.63, 3.8) is 0 Å². The van der Waals surface area contributed by atoms with Gasteiger partial charge in [-0.1, -0.05) is 13.8 Å². The minimum Gasteiger partial charge on any atom is -0.404 e. The van der Waals surface area contributed by atoms with Crippen LogP contribution >= 0.6 is 0 Å². The second-order valence-electron chi connectivity index (χ2n) is 8.41. The van der Waals surface area contributed by atoms with Crippen LogP contribution in [0.1, 0.15) is 19.4 Å². The number of hydrogen-bond donors (Lipinski definition) is 5. The Morgan fingerprint density at radius 2 is 2.18 bits per heavy atom. The number of nitrogens with one attached hydrogen (secondary N) is 3. The van der Waals surface area contributed by atoms with Crippen LogP contribution in [0.3, 0.4) is 0 Å². The lowest BCUT2D eigenvalue weighted by molar-refractivity contribution is -0.0165. The molecule has 1 saturated heterocycles. The fourth-order valence-corrected chi connectivity index (χ4v) is 3.50. The van der Waals surface area contributed by atoms with Crippen molar-refractivity contribution in [2.24, 2.45) is 17.4 Å². The molecule has 0 amide bonds. The predicted molar refractivity (Wildman–Crippen MR) is 135 cm³/mol. The Hall–Kier alpha value is -3.43. The first-order valence-corrected chi connectivity index (χ1v) is 11.1. The second kappa shape index (κ2) is 11.4. The van der Waals surface area contributed by atoms with Gasteiger partial charge in [-0.05, 0) is 49.0 Å². The summed E-state index contributed by atoms with van der Waals surface area (Å²) < 4.78 is 5.77. The minimum atomic E-state index is 0.126. The Labute approximate surface area is 195 Å². The molecule has 1 aliphatic heterocycles. The van der Waals surface area contributed by atoms with Gasteiger partial charge in [-0.2, -0.15) is 0 Å². The van der Waals surface area contributed by atoms with Gasteiger partial charge in [0.25, 0.3) is 0 Å². The number of likely N-dealkylation sites (N-methyl/N-ethyl adjacent to an activating group) is 1. The zero-order valence-electron chi connectivity index (χ0n) is 19.5. The van der Waals surface area contributed by atoms with Crippen LogP contribution in [0, 0.1) is 11.3 Å². The molecule has 9 nitrogen and oxygen atoms in total. The highest BCUT2D eigenvalue weighted by Gasteiger charge is 2.16. The van der Waals surface area contributed by atoms with Crippen molar-refractivity contribution in [2.45, 2.75) is 20.0 Å². The van der Waals surface area contributed by atoms with E-state index in [1.807, 2.05) is 38.2 Å². The van der Waals surface area contributed by atoms with E-state index < -0.39 is 0 Å². The first-order valence-electron chi connectivity index (χ1n) is 11.1. The molecule has 0 spiro atoms. The standard InChI is InChI=1S/C24H34N8O/c1-16(2)17(10-25)9-23(27)31-24-5-4-21-22(30-24)8-18(13-29-21)19(11-26)12-28-14-20-15-32(3)6-7-33-20/h4-5,8-13,16,20,26,28H,6-7,14-15,25,27H2,1-3H3,(H,30,31)/b17-10+,19-12+,23-9+,26-11?. The summed E-state index contributed by atoms with van der Waals surface area (Å²) in [6.07, 6.45) is 8.36. The number of hydrogen-bond acceptors (Lipinski definition) is 9. The van der Waals surface area contributed by atoms with Crippen LogP contribution in [0.5, 0.6) is 0 Å². The monoisotopic (exact) mass is 450 g/mol. The Balaban J connectivity index is 1.74. The highest BCUT2D eigenvalue weighted by atomic mass is 16.5. The Bertz CT molecular complexity index is 1060. The van der Waals surface area contributed by atoms with Crippen LogP contribution in [-0.4, -0.2) is 60.5 Å². The smallest absolute Gasteiger partial charge is 0.132 e. The van der Waals surface area contributed by atoms with Crippen LogP contribution in [0.4, 0.5) is 5.82 Å². The molecule has 1 aliphatic rings. The molecule has 7 N–H and O–H groups in total. The zero-order valence-corrected chi connectivity index (χ0v) is 19.5. The van der Waals surface area contributed by atoms with Crippen molar-refractivity contribution in [1.29, 1.82) is 5.41 Å². The molecular formula is C24H34N8O. The van der Waals surface area contributed by atoms with Gasteiger partial charge in [0.15, 0.2) is 0 Å². The van der Waals surface area contributed by atoms with Crippen molar-refractivity contribution in [1.82, 2.24) is 20.2 Å². The number of aromatic nitrogens is 2. The van der Waals surface area contributed by atoms with E-state index in [0.717, 1.165) is 36.3 Å². The average molecular weight is 451 g/mol. The summed E-state index contributed by atoms with van der Waals surface area (Å²) in [6.45, 7) is 7.35. The number of ether oxygens (including phenoxy) is 1. The second-order valence-corrected chi connectivity index (χ2v) is 8.41. The largest absolute Gasteiger partial charge is 0.404 e. The van der Waals surface area contributed by atoms with Crippen molar-refractivity contribution < 1.29 is 4.74 Å². The normalized spacial score (nSPS) is 18.5. The van der Waals surface area contributed by atoms with Gasteiger partial charge in [0, 0.05) is 49.4 Å². The molecule has 3 heterocycles. The molecule has 0 saturated carbocycles. The van der Waals surface area contributed by atoms with Gasteiger partial charge in [-0.3, -0.25) is 4.98 Å². The van der Waals surface area contributed by atoms with Crippen molar-refractivity contribution in [2.75, 3.05) is 38.6 Å². The molecule has 2 aromatic rings. The molecule has 0 bridgehead atoms. The first kappa shape index (κ1) is 24.2. The molecule has 33 heavy (non-hydrogen) atoms. The van der Waals surface area contributed by atoms with Crippen molar-refractivity contribution >= 4 is 28.6 Å². The summed E-state index contributed by atoms with van der Waals surface area (Å²) >= 11 is 0. The van der Waals surface area contributed by atoms with Gasteiger partial charge in [0.05, 0.1) is 23.7 Å². The van der Waals surface area contributed by atoms with Gasteiger partial charge in [-0.25, -0.2) is 4.98 Å². The molecule has 3 rings (SSSR count). The first-order chi connectivity index (χ1) is 15.9. The third kappa shape index (κ3) is 6.77. The summed E-state index contributed by atoms with van der Waals surface area (Å²) in [6, 6.07) is 5.62. The molecule has 2 aromatic heterocycles. The molecular weight excluding hydrogens is 416 g/mol. The number of pyridine rings is 2. The SMILES string of the molecule is CC(C)C(=C/N)/C=C(\N)Nc1ccc2ncc(/C(C=N)=C/NCC3CN(C)CCO3)cc2n1. The van der Waals surface area contributed by atoms with Crippen molar-refractivity contribution in [3.05, 3.63) is 59.8 Å². The number of nitrogens with two attached hydrogens (primary N) is 2. The van der Waals surface area contributed by atoms with E-state index in [1.54, 1.807) is 18.5 Å². The number of fused-ring (bicyclic) bond motifs is 1. The van der Waals surface area contributed by atoms with Crippen LogP contribution < -0.4 is 22.1 Å². The fourth-order valence-electron chi connectivity index (χ4n) is 3.50. The molecule has 1 unspecified atom stereocenters. The third-order valence-corrected chi connectivity index (χ3v) is 5.42. The molecule has 0 aromatic carbocycles. The van der Waals surface area contributed by atoms with E-state index in [-0.39, 0.29) is 12.0 Å². The molecule has 0 radical (unpaired) electrons. The molecule has 1 atom stereocenters. The summed E-state index contributed by atoms with van der Waals surface area (Å²) in [5.74, 6) is 1.32. The molecule has 9 heteroatoms. The van der Waals surface area contributed by atoms with E-state index in [2.05, 4.69) is 32.5 Å². The van der Waals surface area contributed by atoms with E-state index in [4.69, 9.17) is 21.6 Å². The fraction of sp³-hybridized carbons (Fsp3) is 0.375. The topological polar surface area (TPSA) is 138 Å². The molecule has 1 fully saturated rings. The highest BCUT2D eigenvalue weighted by Crippen LogP contribution is 2.19. The summed E-state index contributed by atoms with van der Waals surface area (Å²) in [4.78, 5) is 11.4. The summed E-state index contributed by atoms with van der Waals surface area (Å²) in [5.41, 5.74) is 15.7. The number of rotatable bonds is 9. The zero-order chi connectivity index (χ0) is 23.8. The summed E-state index contributed by atoms with van der Waals surface area (Å²) in [7, 11) is 2.09. The maximum atomic E-state index is 7.84. The average Bonchev–Trinajstić information content (AvgIpc) is 2.79. The van der Waals surface area contributed by atoms with Gasteiger partial charge in [0.1, 0.15) is 11.6 Å². The van der Waals surface area contributed by atoms with Crippen LogP contribution in [-0.2, 0) is 4.74 Å². The molecule has 0 aliphatic carbocycles. The van der Waals surface area contributed by atoms with E-state index in [1.165, 1.54) is 6.21 Å². The summed E-state index contributed by atoms with van der Waals surface area (Å²) in [5, 5.41) is 14.2. The van der Waals surface area contributed by atoms with Gasteiger partial charge >= 0.3 is 0 Å². The number of allylic oxidation sites excluding steroid dienone is 3. The highest BCUT2D eigenvalue weighted by molar-refractivity contribution is 6.08. The van der Waals surface area contributed by atoms with Crippen LogP contribution in [0.25, 0.3) is 16.6 Å². The Morgan fingerprint density at radius 1 is 1.36 bits per heavy atom. The molecule has 176 valence electrons. The van der Waals surface area contributed by atoms with Crippen LogP contribution in [0.2, 0.25) is 0 Å².